The Morgan fingerprint density at radius 2 is 0.938 bits per heavy atom. The van der Waals surface area contributed by atoms with Gasteiger partial charge in [-0.05, 0) is 184 Å². The van der Waals surface area contributed by atoms with E-state index < -0.39 is 43.6 Å². The first-order chi connectivity index (χ1) is 46.5. The van der Waals surface area contributed by atoms with Crippen LogP contribution < -0.4 is 40.9 Å². The van der Waals surface area contributed by atoms with Crippen LogP contribution >= 0.6 is 34.4 Å². The SMILES string of the molecule is CCCCSc1nc(Nc2cc(N(CC)CC)ccc2N=Nc2nc(N3CCCCC3)c(C=C(C(C)=O)C(=O)Nc3ccc(S(=O)(=O)O)cc3)s2)nc(Nc2cc(N(CC)CC)ccc2N=Nc2nc(N3CCCCC3)c(C=C(C(C)=O)C(=O)Nc3ccc(S(=O)(=O)O)cc3)s2)n1. The topological polar surface area (TPSA) is 352 Å². The van der Waals surface area contributed by atoms with Gasteiger partial charge in [-0.25, -0.2) is 0 Å². The zero-order valence-corrected chi connectivity index (χ0v) is 58.9. The fourth-order valence-electron chi connectivity index (χ4n) is 10.6. The molecular formula is C65H77N17O10S5. The average Bonchev–Trinajstić information content (AvgIpc) is 1.78. The van der Waals surface area contributed by atoms with Crippen LogP contribution in [-0.2, 0) is 39.4 Å². The standard InChI is InChI=1S/C65H77N17O10S5/c1-8-13-36-93-63-73-61(68-53-37-45(79(9-2)10-3)24-30-51(53)75-77-64-70-57(81-32-16-14-17-33-81)55(94-64)39-49(41(6)83)59(85)66-43-20-26-47(27-21-43)96(87,88)89)72-62(74-63)69-54-38-46(80(11-4)12-5)25-31-52(54)76-78-65-71-58(82-34-18-15-19-35-82)56(95-65)40-50(42(7)84)60(86)67-44-22-28-48(29-23-44)97(90,91)92/h20-31,37-40H,8-19,32-36H2,1-7H3,(H,66,85)(H,67,86)(H,87,88,89)(H,90,91,92)(H2,68,69,72,73,74). The van der Waals surface area contributed by atoms with E-state index in [1.54, 1.807) is 0 Å². The molecule has 6 N–H and O–H groups in total. The molecule has 0 bridgehead atoms. The van der Waals surface area contributed by atoms with Crippen LogP contribution in [0.4, 0.5) is 79.3 Å². The summed E-state index contributed by atoms with van der Waals surface area (Å²) >= 11 is 3.78. The van der Waals surface area contributed by atoms with Crippen molar-refractivity contribution in [3.8, 4) is 0 Å². The normalized spacial score (nSPS) is 14.1. The summed E-state index contributed by atoms with van der Waals surface area (Å²) in [6, 6.07) is 21.3. The molecule has 97 heavy (non-hydrogen) atoms. The zero-order chi connectivity index (χ0) is 69.4. The minimum absolute atomic E-state index is 0.178. The Bertz CT molecular complexity index is 4080. The van der Waals surface area contributed by atoms with Crippen molar-refractivity contribution in [2.24, 2.45) is 20.5 Å². The summed E-state index contributed by atoms with van der Waals surface area (Å²) in [5, 5.41) is 32.1. The Morgan fingerprint density at radius 3 is 1.29 bits per heavy atom. The number of hydrogen-bond acceptors (Lipinski definition) is 26. The van der Waals surface area contributed by atoms with Crippen molar-refractivity contribution in [1.29, 1.82) is 0 Å². The van der Waals surface area contributed by atoms with Gasteiger partial charge in [0.15, 0.2) is 16.7 Å². The highest BCUT2D eigenvalue weighted by molar-refractivity contribution is 7.99. The smallest absolute Gasteiger partial charge is 0.294 e. The van der Waals surface area contributed by atoms with E-state index in [1.165, 1.54) is 62.0 Å². The van der Waals surface area contributed by atoms with E-state index in [1.807, 2.05) is 36.4 Å². The number of azo groups is 2. The number of benzene rings is 4. The highest BCUT2D eigenvalue weighted by Gasteiger charge is 2.26. The molecule has 2 amide bonds. The molecule has 2 fully saturated rings. The highest BCUT2D eigenvalue weighted by atomic mass is 32.2. The van der Waals surface area contributed by atoms with Gasteiger partial charge in [-0.3, -0.25) is 28.3 Å². The molecule has 512 valence electrons. The molecule has 0 unspecified atom stereocenters. The van der Waals surface area contributed by atoms with Gasteiger partial charge in [0.2, 0.25) is 22.2 Å². The number of aromatic nitrogens is 5. The number of thiazole rings is 2. The lowest BCUT2D eigenvalue weighted by Gasteiger charge is -2.27. The van der Waals surface area contributed by atoms with Gasteiger partial charge < -0.3 is 40.9 Å². The predicted molar refractivity (Wildman–Crippen MR) is 384 cm³/mol. The molecule has 9 rings (SSSR count). The minimum Gasteiger partial charge on any atom is -0.372 e. The Balaban J connectivity index is 1.06. The summed E-state index contributed by atoms with van der Waals surface area (Å²) in [6.07, 6.45) is 10.5. The zero-order valence-electron chi connectivity index (χ0n) is 54.8. The van der Waals surface area contributed by atoms with Crippen molar-refractivity contribution in [1.82, 2.24) is 24.9 Å². The summed E-state index contributed by atoms with van der Waals surface area (Å²) in [7, 11) is -8.95. The number of ketones is 2. The maximum Gasteiger partial charge on any atom is 0.294 e. The Morgan fingerprint density at radius 1 is 0.546 bits per heavy atom. The van der Waals surface area contributed by atoms with E-state index in [-0.39, 0.29) is 54.5 Å². The van der Waals surface area contributed by atoms with Crippen molar-refractivity contribution in [3.05, 3.63) is 106 Å². The molecule has 27 nitrogen and oxygen atoms in total. The molecule has 2 aliphatic heterocycles. The number of nitrogens with zero attached hydrogens (tertiary/aromatic N) is 13. The number of piperidine rings is 2. The van der Waals surface area contributed by atoms with Gasteiger partial charge in [0.05, 0.1) is 42.1 Å². The van der Waals surface area contributed by atoms with Crippen LogP contribution in [0.15, 0.2) is 131 Å². The van der Waals surface area contributed by atoms with Crippen LogP contribution in [0.2, 0.25) is 0 Å². The average molecular weight is 1420 g/mol. The van der Waals surface area contributed by atoms with E-state index in [2.05, 4.69) is 85.7 Å². The maximum atomic E-state index is 13.8. The summed E-state index contributed by atoms with van der Waals surface area (Å²) in [5.74, 6) is -0.346. The van der Waals surface area contributed by atoms with Crippen LogP contribution in [0.25, 0.3) is 12.2 Å². The molecular weight excluding hydrogens is 1340 g/mol. The molecule has 0 radical (unpaired) electrons. The van der Waals surface area contributed by atoms with Gasteiger partial charge in [0.1, 0.15) is 23.0 Å². The van der Waals surface area contributed by atoms with Gasteiger partial charge in [0, 0.05) is 80.9 Å². The number of hydrogen-bond donors (Lipinski definition) is 6. The number of Topliss-reactive ketones (excluding diaryl/α,β-unsaturated/α-hetero) is 2. The Labute approximate surface area is 576 Å². The summed E-state index contributed by atoms with van der Waals surface area (Å²) in [6.45, 7) is 18.5. The molecule has 2 saturated heterocycles. The third-order valence-electron chi connectivity index (χ3n) is 15.7. The van der Waals surface area contributed by atoms with Crippen molar-refractivity contribution < 1.29 is 45.1 Å². The first kappa shape index (κ1) is 72.4. The first-order valence-electron chi connectivity index (χ1n) is 31.8. The quantitative estimate of drug-likeness (QED) is 0.00463. The number of unbranched alkanes of at least 4 members (excludes halogenated alkanes) is 1. The van der Waals surface area contributed by atoms with Gasteiger partial charge >= 0.3 is 0 Å². The second-order valence-corrected chi connectivity index (χ2v) is 28.4. The summed E-state index contributed by atoms with van der Waals surface area (Å²) < 4.78 is 65.6. The van der Waals surface area contributed by atoms with Gasteiger partial charge in [-0.15, -0.1) is 20.5 Å². The summed E-state index contributed by atoms with van der Waals surface area (Å²) in [5.41, 5.74) is 3.65. The number of anilines is 10. The molecule has 5 heterocycles. The lowest BCUT2D eigenvalue weighted by atomic mass is 10.1. The number of carbonyl (C=O) groups excluding carboxylic acids is 4. The van der Waals surface area contributed by atoms with Crippen molar-refractivity contribution in [3.63, 3.8) is 0 Å². The third kappa shape index (κ3) is 19.4. The summed E-state index contributed by atoms with van der Waals surface area (Å²) in [4.78, 5) is 87.4. The van der Waals surface area contributed by atoms with Crippen LogP contribution in [0, 0.1) is 0 Å². The molecule has 0 aliphatic carbocycles. The largest absolute Gasteiger partial charge is 0.372 e. The molecule has 7 aromatic rings. The Hall–Kier alpha value is -8.92. The maximum absolute atomic E-state index is 13.8. The lowest BCUT2D eigenvalue weighted by Crippen LogP contribution is -2.30. The first-order valence-corrected chi connectivity index (χ1v) is 37.3. The highest BCUT2D eigenvalue weighted by Crippen LogP contribution is 2.41. The number of thioether (sulfide) groups is 1. The molecule has 0 spiro atoms. The number of amides is 2. The van der Waals surface area contributed by atoms with E-state index in [0.29, 0.717) is 102 Å². The van der Waals surface area contributed by atoms with Crippen LogP contribution in [0.1, 0.15) is 110 Å². The Kier molecular flexibility index (Phi) is 24.9. The van der Waals surface area contributed by atoms with Crippen LogP contribution in [0.5, 0.6) is 0 Å². The van der Waals surface area contributed by atoms with Gasteiger partial charge in [0.25, 0.3) is 32.1 Å². The molecule has 0 saturated carbocycles. The molecule has 3 aromatic heterocycles. The second kappa shape index (κ2) is 33.4. The van der Waals surface area contributed by atoms with E-state index >= 15 is 0 Å². The lowest BCUT2D eigenvalue weighted by molar-refractivity contribution is -0.120. The minimum atomic E-state index is -4.48. The van der Waals surface area contributed by atoms with Gasteiger partial charge in [-0.2, -0.15) is 41.8 Å². The fraction of sp³-hybridized carbons (Fsp3) is 0.369. The number of carbonyl (C=O) groups is 4. The van der Waals surface area contributed by atoms with Gasteiger partial charge in [-0.1, -0.05) is 47.8 Å². The predicted octanol–water partition coefficient (Wildman–Crippen LogP) is 14.4. The molecule has 0 atom stereocenters. The van der Waals surface area contributed by atoms with E-state index in [4.69, 9.17) is 35.1 Å². The van der Waals surface area contributed by atoms with Crippen LogP contribution in [0.3, 0.4) is 0 Å². The van der Waals surface area contributed by atoms with E-state index in [0.717, 1.165) is 115 Å². The third-order valence-corrected chi connectivity index (χ3v) is 20.1. The van der Waals surface area contributed by atoms with Crippen molar-refractivity contribution in [2.45, 2.75) is 115 Å². The van der Waals surface area contributed by atoms with Crippen molar-refractivity contribution >= 4 is 169 Å². The van der Waals surface area contributed by atoms with Crippen molar-refractivity contribution in [2.75, 3.05) is 99.0 Å². The molecule has 32 heteroatoms. The fourth-order valence-corrected chi connectivity index (χ4v) is 14.1. The molecule has 4 aromatic carbocycles. The van der Waals surface area contributed by atoms with E-state index in [9.17, 15) is 45.1 Å². The van der Waals surface area contributed by atoms with Crippen LogP contribution in [-0.4, -0.2) is 132 Å². The number of nitrogens with one attached hydrogen (secondary N) is 4. The second-order valence-electron chi connectivity index (χ2n) is 22.5. The number of rotatable bonds is 30. The molecule has 2 aliphatic rings. The monoisotopic (exact) mass is 1420 g/mol.